The molecule has 1 aliphatic rings. The highest BCUT2D eigenvalue weighted by molar-refractivity contribution is 5.95. The van der Waals surface area contributed by atoms with E-state index >= 15 is 0 Å². The van der Waals surface area contributed by atoms with Crippen molar-refractivity contribution in [2.75, 3.05) is 11.9 Å². The number of hydrogen-bond donors (Lipinski definition) is 1. The Morgan fingerprint density at radius 1 is 1.00 bits per heavy atom. The van der Waals surface area contributed by atoms with Gasteiger partial charge in [0.1, 0.15) is 12.3 Å². The fourth-order valence-electron chi connectivity index (χ4n) is 3.17. The second kappa shape index (κ2) is 6.74. The van der Waals surface area contributed by atoms with Crippen molar-refractivity contribution in [1.29, 1.82) is 0 Å². The van der Waals surface area contributed by atoms with Gasteiger partial charge in [0, 0.05) is 23.6 Å². The van der Waals surface area contributed by atoms with Crippen LogP contribution in [0.15, 0.2) is 79.1 Å². The first-order chi connectivity index (χ1) is 13.8. The zero-order valence-corrected chi connectivity index (χ0v) is 14.9. The molecule has 0 saturated carbocycles. The fourth-order valence-corrected chi connectivity index (χ4v) is 3.17. The van der Waals surface area contributed by atoms with Crippen molar-refractivity contribution in [3.05, 3.63) is 79.1 Å². The number of nitrogens with one attached hydrogen (secondary N) is 1. The van der Waals surface area contributed by atoms with Crippen LogP contribution in [0.2, 0.25) is 0 Å². The minimum absolute atomic E-state index is 0.183. The largest absolute Gasteiger partial charge is 0.485 e. The molecule has 4 aromatic rings. The Bertz CT molecular complexity index is 1120. The van der Waals surface area contributed by atoms with Crippen LogP contribution in [0.4, 0.5) is 5.69 Å². The van der Waals surface area contributed by atoms with E-state index in [0.29, 0.717) is 17.2 Å². The minimum Gasteiger partial charge on any atom is -0.485 e. The Labute approximate surface area is 161 Å². The molecule has 6 heteroatoms. The van der Waals surface area contributed by atoms with Crippen LogP contribution in [-0.2, 0) is 4.79 Å². The third kappa shape index (κ3) is 3.05. The highest BCUT2D eigenvalue weighted by Gasteiger charge is 2.27. The van der Waals surface area contributed by atoms with Crippen LogP contribution < -0.4 is 14.8 Å². The molecule has 138 valence electrons. The van der Waals surface area contributed by atoms with E-state index in [4.69, 9.17) is 9.47 Å². The van der Waals surface area contributed by atoms with Gasteiger partial charge >= 0.3 is 0 Å². The lowest BCUT2D eigenvalue weighted by atomic mass is 10.1. The Morgan fingerprint density at radius 3 is 2.61 bits per heavy atom. The van der Waals surface area contributed by atoms with Gasteiger partial charge in [-0.2, -0.15) is 0 Å². The third-order valence-electron chi connectivity index (χ3n) is 4.61. The number of para-hydroxylation sites is 2. The molecular weight excluding hydrogens is 354 g/mol. The Balaban J connectivity index is 1.29. The molecule has 0 radical (unpaired) electrons. The van der Waals surface area contributed by atoms with Crippen molar-refractivity contribution in [3.8, 4) is 22.8 Å². The maximum absolute atomic E-state index is 12.5. The smallest absolute Gasteiger partial charge is 0.269 e. The summed E-state index contributed by atoms with van der Waals surface area (Å²) in [5, 5.41) is 2.88. The number of ether oxygens (including phenoxy) is 2. The van der Waals surface area contributed by atoms with Gasteiger partial charge in [-0.15, -0.1) is 0 Å². The maximum Gasteiger partial charge on any atom is 0.269 e. The number of carbonyl (C=O) groups excluding carboxylic acids is 1. The highest BCUT2D eigenvalue weighted by Crippen LogP contribution is 2.31. The molecule has 1 amide bonds. The third-order valence-corrected chi connectivity index (χ3v) is 4.61. The number of imidazole rings is 1. The van der Waals surface area contributed by atoms with E-state index in [1.807, 2.05) is 77.5 Å². The summed E-state index contributed by atoms with van der Waals surface area (Å²) in [4.78, 5) is 17.1. The predicted molar refractivity (Wildman–Crippen MR) is 106 cm³/mol. The molecule has 0 spiro atoms. The number of rotatable bonds is 3. The van der Waals surface area contributed by atoms with E-state index in [9.17, 15) is 4.79 Å². The lowest BCUT2D eigenvalue weighted by molar-refractivity contribution is -0.125. The molecule has 1 aliphatic heterocycles. The van der Waals surface area contributed by atoms with E-state index < -0.39 is 6.10 Å². The normalized spacial score (nSPS) is 15.4. The van der Waals surface area contributed by atoms with Gasteiger partial charge in [-0.25, -0.2) is 4.98 Å². The Morgan fingerprint density at radius 2 is 1.79 bits per heavy atom. The number of nitrogens with zero attached hydrogens (tertiary/aromatic N) is 2. The SMILES string of the molecule is O=C(Nc1ccc(-c2cn3ccccc3n2)cc1)[C@@H]1COc2ccccc2O1. The molecule has 1 N–H and O–H groups in total. The number of hydrogen-bond acceptors (Lipinski definition) is 4. The molecule has 2 aromatic heterocycles. The molecular formula is C22H17N3O3. The molecule has 2 aromatic carbocycles. The maximum atomic E-state index is 12.5. The molecule has 0 fully saturated rings. The zero-order chi connectivity index (χ0) is 18.9. The number of anilines is 1. The molecule has 0 unspecified atom stereocenters. The first-order valence-corrected chi connectivity index (χ1v) is 9.00. The van der Waals surface area contributed by atoms with Crippen molar-refractivity contribution in [3.63, 3.8) is 0 Å². The summed E-state index contributed by atoms with van der Waals surface area (Å²) in [6.07, 6.45) is 3.26. The number of amides is 1. The number of aromatic nitrogens is 2. The molecule has 3 heterocycles. The van der Waals surface area contributed by atoms with Gasteiger partial charge in [-0.1, -0.05) is 30.3 Å². The summed E-state index contributed by atoms with van der Waals surface area (Å²) in [6.45, 7) is 0.183. The van der Waals surface area contributed by atoms with Gasteiger partial charge in [-0.05, 0) is 36.4 Å². The monoisotopic (exact) mass is 371 g/mol. The fraction of sp³-hybridized carbons (Fsp3) is 0.0909. The van der Waals surface area contributed by atoms with Crippen LogP contribution in [0.5, 0.6) is 11.5 Å². The average Bonchev–Trinajstić information content (AvgIpc) is 3.18. The van der Waals surface area contributed by atoms with Crippen LogP contribution in [0.3, 0.4) is 0 Å². The topological polar surface area (TPSA) is 64.9 Å². The molecule has 5 rings (SSSR count). The second-order valence-electron chi connectivity index (χ2n) is 6.52. The minimum atomic E-state index is -0.687. The van der Waals surface area contributed by atoms with Gasteiger partial charge in [0.2, 0.25) is 6.10 Å². The Hall–Kier alpha value is -3.80. The van der Waals surface area contributed by atoms with E-state index in [1.54, 1.807) is 6.07 Å². The highest BCUT2D eigenvalue weighted by atomic mass is 16.6. The lowest BCUT2D eigenvalue weighted by Crippen LogP contribution is -2.40. The summed E-state index contributed by atoms with van der Waals surface area (Å²) in [5.41, 5.74) is 3.45. The van der Waals surface area contributed by atoms with Gasteiger partial charge in [-0.3, -0.25) is 4.79 Å². The molecule has 28 heavy (non-hydrogen) atoms. The van der Waals surface area contributed by atoms with E-state index in [0.717, 1.165) is 16.9 Å². The van der Waals surface area contributed by atoms with Crippen LogP contribution in [-0.4, -0.2) is 28.0 Å². The van der Waals surface area contributed by atoms with Crippen molar-refractivity contribution >= 4 is 17.2 Å². The predicted octanol–water partition coefficient (Wildman–Crippen LogP) is 3.78. The quantitative estimate of drug-likeness (QED) is 0.595. The van der Waals surface area contributed by atoms with Gasteiger partial charge in [0.25, 0.3) is 5.91 Å². The van der Waals surface area contributed by atoms with E-state index in [1.165, 1.54) is 0 Å². The Kier molecular flexibility index (Phi) is 3.94. The van der Waals surface area contributed by atoms with Crippen molar-refractivity contribution in [1.82, 2.24) is 9.38 Å². The summed E-state index contributed by atoms with van der Waals surface area (Å²) in [5.74, 6) is 0.995. The van der Waals surface area contributed by atoms with Gasteiger partial charge in [0.15, 0.2) is 11.5 Å². The second-order valence-corrected chi connectivity index (χ2v) is 6.52. The van der Waals surface area contributed by atoms with Crippen LogP contribution in [0.1, 0.15) is 0 Å². The summed E-state index contributed by atoms with van der Waals surface area (Å²) in [6, 6.07) is 20.8. The zero-order valence-electron chi connectivity index (χ0n) is 14.9. The number of carbonyl (C=O) groups is 1. The van der Waals surface area contributed by atoms with Crippen molar-refractivity contribution in [2.45, 2.75) is 6.10 Å². The number of fused-ring (bicyclic) bond motifs is 2. The first kappa shape index (κ1) is 16.4. The van der Waals surface area contributed by atoms with Crippen molar-refractivity contribution < 1.29 is 14.3 Å². The molecule has 0 aliphatic carbocycles. The van der Waals surface area contributed by atoms with Crippen LogP contribution in [0, 0.1) is 0 Å². The molecule has 1 atom stereocenters. The molecule has 6 nitrogen and oxygen atoms in total. The molecule has 0 saturated heterocycles. The first-order valence-electron chi connectivity index (χ1n) is 9.00. The number of pyridine rings is 1. The summed E-state index contributed by atoms with van der Waals surface area (Å²) in [7, 11) is 0. The standard InChI is InChI=1S/C22H17N3O3/c26-22(20-14-27-18-5-1-2-6-19(18)28-20)23-16-10-8-15(9-11-16)17-13-25-12-4-3-7-21(25)24-17/h1-13,20H,14H2,(H,23,26)/t20-/m0/s1. The van der Waals surface area contributed by atoms with Crippen molar-refractivity contribution in [2.24, 2.45) is 0 Å². The van der Waals surface area contributed by atoms with Gasteiger partial charge in [0.05, 0.1) is 5.69 Å². The summed E-state index contributed by atoms with van der Waals surface area (Å²) < 4.78 is 13.3. The number of benzene rings is 2. The average molecular weight is 371 g/mol. The van der Waals surface area contributed by atoms with Gasteiger partial charge < -0.3 is 19.2 Å². The lowest BCUT2D eigenvalue weighted by Gasteiger charge is -2.25. The van der Waals surface area contributed by atoms with Crippen LogP contribution in [0.25, 0.3) is 16.9 Å². The van der Waals surface area contributed by atoms with Crippen LogP contribution >= 0.6 is 0 Å². The summed E-state index contributed by atoms with van der Waals surface area (Å²) >= 11 is 0. The molecule has 0 bridgehead atoms. The van der Waals surface area contributed by atoms with E-state index in [2.05, 4.69) is 10.3 Å². The van der Waals surface area contributed by atoms with E-state index in [-0.39, 0.29) is 12.5 Å².